The molecule has 0 bridgehead atoms. The second kappa shape index (κ2) is 7.65. The first-order valence-electron chi connectivity index (χ1n) is 10.5. The third kappa shape index (κ3) is 3.40. The monoisotopic (exact) mass is 419 g/mol. The smallest absolute Gasteiger partial charge is 0.258 e. The highest BCUT2D eigenvalue weighted by molar-refractivity contribution is 6.15. The van der Waals surface area contributed by atoms with Gasteiger partial charge in [-0.1, -0.05) is 31.0 Å². The van der Waals surface area contributed by atoms with Gasteiger partial charge in [0, 0.05) is 36.3 Å². The Morgan fingerprint density at radius 2 is 1.94 bits per heavy atom. The van der Waals surface area contributed by atoms with Crippen LogP contribution < -0.4 is 5.32 Å². The fourth-order valence-electron chi connectivity index (χ4n) is 4.68. The number of hydrogen-bond donors (Lipinski definition) is 2. The number of carbonyl (C=O) groups is 2. The predicted molar refractivity (Wildman–Crippen MR) is 113 cm³/mol. The third-order valence-corrected chi connectivity index (χ3v) is 6.20. The maximum absolute atomic E-state index is 13.3. The number of nitrogens with one attached hydrogen (secondary N) is 1. The average Bonchev–Trinajstić information content (AvgIpc) is 3.38. The van der Waals surface area contributed by atoms with Gasteiger partial charge < -0.3 is 15.3 Å². The lowest BCUT2D eigenvalue weighted by molar-refractivity contribution is 0.0763. The summed E-state index contributed by atoms with van der Waals surface area (Å²) in [4.78, 5) is 32.3. The number of carbonyl (C=O) groups excluding carboxylic acids is 2. The maximum Gasteiger partial charge on any atom is 0.258 e. The van der Waals surface area contributed by atoms with E-state index in [9.17, 15) is 19.1 Å². The van der Waals surface area contributed by atoms with E-state index in [0.29, 0.717) is 16.5 Å². The van der Waals surface area contributed by atoms with Gasteiger partial charge in [0.25, 0.3) is 11.8 Å². The first kappa shape index (κ1) is 19.5. The van der Waals surface area contributed by atoms with Crippen molar-refractivity contribution in [2.45, 2.75) is 44.8 Å². The van der Waals surface area contributed by atoms with Gasteiger partial charge in [-0.25, -0.2) is 4.39 Å². The molecular formula is C24H22FN3O3. The number of phenols is 1. The minimum Gasteiger partial charge on any atom is -0.505 e. The molecule has 1 saturated carbocycles. The molecule has 2 N–H and O–H groups in total. The molecule has 7 heteroatoms. The summed E-state index contributed by atoms with van der Waals surface area (Å²) >= 11 is 0. The Morgan fingerprint density at radius 1 is 1.19 bits per heavy atom. The largest absolute Gasteiger partial charge is 0.505 e. The number of benzene rings is 2. The molecule has 0 spiro atoms. The van der Waals surface area contributed by atoms with Crippen LogP contribution in [-0.2, 0) is 13.1 Å². The van der Waals surface area contributed by atoms with Crippen LogP contribution in [0.25, 0.3) is 10.9 Å². The number of pyridine rings is 1. The zero-order valence-electron chi connectivity index (χ0n) is 16.9. The number of aromatic nitrogens is 1. The van der Waals surface area contributed by atoms with Crippen LogP contribution in [-0.4, -0.2) is 32.8 Å². The summed E-state index contributed by atoms with van der Waals surface area (Å²) in [6.45, 7) is 0.443. The fourth-order valence-corrected chi connectivity index (χ4v) is 4.68. The molecule has 0 atom stereocenters. The average molecular weight is 419 g/mol. The van der Waals surface area contributed by atoms with Crippen molar-refractivity contribution < 1.29 is 19.1 Å². The third-order valence-electron chi connectivity index (χ3n) is 6.20. The number of rotatable bonds is 4. The van der Waals surface area contributed by atoms with Crippen molar-refractivity contribution in [3.63, 3.8) is 0 Å². The first-order valence-corrected chi connectivity index (χ1v) is 10.5. The molecule has 6 nitrogen and oxygen atoms in total. The Hall–Kier alpha value is -3.48. The predicted octanol–water partition coefficient (Wildman–Crippen LogP) is 3.91. The number of amides is 2. The molecule has 0 radical (unpaired) electrons. The SMILES string of the molecule is O=C(NC1CCCC1)c1c2c(c(O)c3ncccc13)C(=O)N(Cc1ccc(F)cc1)C2. The number of nitrogens with zero attached hydrogens (tertiary/aromatic N) is 2. The summed E-state index contributed by atoms with van der Waals surface area (Å²) < 4.78 is 13.2. The van der Waals surface area contributed by atoms with Crippen LogP contribution in [0.2, 0.25) is 0 Å². The Kier molecular flexibility index (Phi) is 4.81. The summed E-state index contributed by atoms with van der Waals surface area (Å²) in [7, 11) is 0. The molecule has 2 heterocycles. The van der Waals surface area contributed by atoms with Gasteiger partial charge in [-0.05, 0) is 36.6 Å². The zero-order valence-corrected chi connectivity index (χ0v) is 16.9. The molecular weight excluding hydrogens is 397 g/mol. The molecule has 1 aromatic heterocycles. The zero-order chi connectivity index (χ0) is 21.5. The molecule has 31 heavy (non-hydrogen) atoms. The molecule has 3 aromatic rings. The van der Waals surface area contributed by atoms with Crippen molar-refractivity contribution in [1.29, 1.82) is 0 Å². The maximum atomic E-state index is 13.3. The Bertz CT molecular complexity index is 1190. The Labute approximate surface area is 178 Å². The number of aromatic hydroxyl groups is 1. The van der Waals surface area contributed by atoms with Crippen molar-refractivity contribution in [2.75, 3.05) is 0 Å². The minimum absolute atomic E-state index is 0.121. The van der Waals surface area contributed by atoms with Crippen molar-refractivity contribution >= 4 is 22.7 Å². The summed E-state index contributed by atoms with van der Waals surface area (Å²) in [5.41, 5.74) is 2.06. The highest BCUT2D eigenvalue weighted by Crippen LogP contribution is 2.40. The van der Waals surface area contributed by atoms with Gasteiger partial charge in [0.2, 0.25) is 0 Å². The van der Waals surface area contributed by atoms with E-state index in [2.05, 4.69) is 10.3 Å². The molecule has 2 amide bonds. The van der Waals surface area contributed by atoms with Crippen LogP contribution in [0.1, 0.15) is 57.5 Å². The molecule has 2 aromatic carbocycles. The van der Waals surface area contributed by atoms with Crippen LogP contribution in [0, 0.1) is 5.82 Å². The highest BCUT2D eigenvalue weighted by Gasteiger charge is 2.37. The van der Waals surface area contributed by atoms with Crippen molar-refractivity contribution in [2.24, 2.45) is 0 Å². The molecule has 0 unspecified atom stereocenters. The van der Waals surface area contributed by atoms with Crippen LogP contribution in [0.15, 0.2) is 42.6 Å². The van der Waals surface area contributed by atoms with E-state index >= 15 is 0 Å². The van der Waals surface area contributed by atoms with Crippen LogP contribution in [0.5, 0.6) is 5.75 Å². The van der Waals surface area contributed by atoms with Crippen molar-refractivity contribution in [3.05, 3.63) is 70.7 Å². The highest BCUT2D eigenvalue weighted by atomic mass is 19.1. The Balaban J connectivity index is 1.57. The normalized spacial score (nSPS) is 16.2. The van der Waals surface area contributed by atoms with Crippen LogP contribution >= 0.6 is 0 Å². The molecule has 5 rings (SSSR count). The Morgan fingerprint density at radius 3 is 2.68 bits per heavy atom. The summed E-state index contributed by atoms with van der Waals surface area (Å²) in [6.07, 6.45) is 5.59. The van der Waals surface area contributed by atoms with Gasteiger partial charge in [0.1, 0.15) is 11.3 Å². The van der Waals surface area contributed by atoms with Gasteiger partial charge >= 0.3 is 0 Å². The van der Waals surface area contributed by atoms with E-state index in [-0.39, 0.29) is 53.6 Å². The number of phenolic OH excluding ortho intramolecular Hbond substituents is 1. The topological polar surface area (TPSA) is 82.5 Å². The van der Waals surface area contributed by atoms with E-state index in [1.807, 2.05) is 0 Å². The van der Waals surface area contributed by atoms with Gasteiger partial charge in [-0.15, -0.1) is 0 Å². The number of hydrogen-bond acceptors (Lipinski definition) is 4. The number of halogens is 1. The van der Waals surface area contributed by atoms with E-state index in [1.165, 1.54) is 18.3 Å². The summed E-state index contributed by atoms with van der Waals surface area (Å²) in [5.74, 6) is -1.15. The molecule has 1 aliphatic heterocycles. The first-order chi connectivity index (χ1) is 15.0. The lowest BCUT2D eigenvalue weighted by Gasteiger charge is -2.17. The molecule has 2 aliphatic rings. The summed E-state index contributed by atoms with van der Waals surface area (Å²) in [5, 5.41) is 14.5. The van der Waals surface area contributed by atoms with Gasteiger partial charge in [0.05, 0.1) is 11.1 Å². The van der Waals surface area contributed by atoms with Crippen LogP contribution in [0.3, 0.4) is 0 Å². The lowest BCUT2D eigenvalue weighted by atomic mass is 9.96. The van der Waals surface area contributed by atoms with E-state index in [4.69, 9.17) is 0 Å². The quantitative estimate of drug-likeness (QED) is 0.672. The molecule has 1 fully saturated rings. The molecule has 158 valence electrons. The fraction of sp³-hybridized carbons (Fsp3) is 0.292. The molecule has 0 saturated heterocycles. The van der Waals surface area contributed by atoms with Gasteiger partial charge in [0.15, 0.2) is 5.75 Å². The van der Waals surface area contributed by atoms with E-state index < -0.39 is 0 Å². The minimum atomic E-state index is -0.362. The van der Waals surface area contributed by atoms with Crippen LogP contribution in [0.4, 0.5) is 4.39 Å². The van der Waals surface area contributed by atoms with E-state index in [1.54, 1.807) is 29.2 Å². The standard InChI is InChI=1S/C24H22FN3O3/c25-15-9-7-14(8-10-15)12-28-13-18-19(23(30)27-16-4-1-2-5-16)17-6-3-11-26-21(17)22(29)20(18)24(28)31/h3,6-11,16,29H,1-2,4-5,12-13H2,(H,27,30). The second-order valence-electron chi connectivity index (χ2n) is 8.22. The van der Waals surface area contributed by atoms with Crippen molar-refractivity contribution in [3.8, 4) is 5.75 Å². The summed E-state index contributed by atoms with van der Waals surface area (Å²) in [6, 6.07) is 9.52. The van der Waals surface area contributed by atoms with E-state index in [0.717, 1.165) is 31.2 Å². The van der Waals surface area contributed by atoms with Gasteiger partial charge in [-0.3, -0.25) is 14.6 Å². The lowest BCUT2D eigenvalue weighted by Crippen LogP contribution is -2.33. The second-order valence-corrected chi connectivity index (χ2v) is 8.22. The molecule has 1 aliphatic carbocycles. The van der Waals surface area contributed by atoms with Crippen molar-refractivity contribution in [1.82, 2.24) is 15.2 Å². The number of fused-ring (bicyclic) bond motifs is 2. The van der Waals surface area contributed by atoms with Gasteiger partial charge in [-0.2, -0.15) is 0 Å².